The van der Waals surface area contributed by atoms with Crippen molar-refractivity contribution in [2.24, 2.45) is 0 Å². The van der Waals surface area contributed by atoms with Crippen molar-refractivity contribution < 1.29 is 31.1 Å². The van der Waals surface area contributed by atoms with Gasteiger partial charge >= 0.3 is 31.1 Å². The van der Waals surface area contributed by atoms with Crippen LogP contribution in [0.4, 0.5) is 0 Å². The third kappa shape index (κ3) is 2.69. The maximum absolute atomic E-state index is 3.50. The Balaban J connectivity index is 0.00000171. The normalized spacial score (nSPS) is 12.0. The quantitative estimate of drug-likeness (QED) is 0.175. The van der Waals surface area contributed by atoms with Gasteiger partial charge in [-0.25, -0.2) is 23.0 Å². The van der Waals surface area contributed by atoms with Crippen LogP contribution in [-0.2, 0) is 0 Å². The van der Waals surface area contributed by atoms with Gasteiger partial charge in [0.2, 0.25) is 0 Å². The number of rotatable bonds is 2. The number of fused-ring (bicyclic) bond motifs is 5. The molecule has 3 heteroatoms. The van der Waals surface area contributed by atoms with Gasteiger partial charge in [0, 0.05) is 4.88 Å². The Morgan fingerprint density at radius 3 is 2.43 bits per heavy atom. The second-order valence-electron chi connectivity index (χ2n) is 6.95. The first kappa shape index (κ1) is 18.4. The molecule has 130 valence electrons. The first-order valence-corrected chi connectivity index (χ1v) is 10.6. The summed E-state index contributed by atoms with van der Waals surface area (Å²) in [7, 11) is 0. The minimum atomic E-state index is 0. The van der Waals surface area contributed by atoms with Gasteiger partial charge in [0.15, 0.2) is 0 Å². The molecule has 0 fully saturated rings. The van der Waals surface area contributed by atoms with Crippen LogP contribution < -0.4 is 0 Å². The Bertz CT molecular complexity index is 1360. The van der Waals surface area contributed by atoms with E-state index in [4.69, 9.17) is 0 Å². The minimum absolute atomic E-state index is 0. The summed E-state index contributed by atoms with van der Waals surface area (Å²) in [6, 6.07) is 21.8. The Morgan fingerprint density at radius 2 is 1.64 bits per heavy atom. The Labute approximate surface area is 195 Å². The van der Waals surface area contributed by atoms with Crippen molar-refractivity contribution >= 4 is 48.9 Å². The van der Waals surface area contributed by atoms with Crippen molar-refractivity contribution in [2.75, 3.05) is 0 Å². The fraction of sp³-hybridized carbons (Fsp3) is 0.0400. The van der Waals surface area contributed by atoms with Crippen LogP contribution in [0.2, 0.25) is 0 Å². The largest absolute Gasteiger partial charge is 2.00 e. The molecule has 0 saturated carbocycles. The molecule has 0 nitrogen and oxygen atoms in total. The van der Waals surface area contributed by atoms with Gasteiger partial charge in [-0.15, -0.1) is 34.3 Å². The van der Waals surface area contributed by atoms with E-state index in [2.05, 4.69) is 85.1 Å². The van der Waals surface area contributed by atoms with Crippen molar-refractivity contribution in [3.05, 3.63) is 88.8 Å². The van der Waals surface area contributed by atoms with Crippen LogP contribution in [0.25, 0.3) is 47.8 Å². The number of hydrogen-bond acceptors (Lipinski definition) is 2. The van der Waals surface area contributed by atoms with Crippen LogP contribution >= 0.6 is 22.7 Å². The fourth-order valence-corrected chi connectivity index (χ4v) is 6.40. The summed E-state index contributed by atoms with van der Waals surface area (Å²) < 4.78 is 2.69. The molecule has 0 amide bonds. The molecule has 0 radical (unpaired) electrons. The molecule has 5 aromatic rings. The van der Waals surface area contributed by atoms with Crippen LogP contribution in [-0.4, -0.2) is 0 Å². The van der Waals surface area contributed by atoms with E-state index < -0.39 is 0 Å². The first-order chi connectivity index (χ1) is 13.3. The predicted molar refractivity (Wildman–Crippen MR) is 118 cm³/mol. The summed E-state index contributed by atoms with van der Waals surface area (Å²) >= 11 is 3.63. The van der Waals surface area contributed by atoms with E-state index in [0.717, 1.165) is 11.1 Å². The smallest absolute Gasteiger partial charge is 0.266 e. The van der Waals surface area contributed by atoms with E-state index in [-0.39, 0.29) is 31.1 Å². The van der Waals surface area contributed by atoms with Gasteiger partial charge in [0.05, 0.1) is 0 Å². The van der Waals surface area contributed by atoms with Gasteiger partial charge < -0.3 is 0 Å². The molecule has 6 rings (SSSR count). The van der Waals surface area contributed by atoms with Crippen LogP contribution in [0.3, 0.4) is 0 Å². The molecule has 0 spiro atoms. The summed E-state index contributed by atoms with van der Waals surface area (Å²) in [5.74, 6) is 0. The molecule has 2 aromatic heterocycles. The summed E-state index contributed by atoms with van der Waals surface area (Å²) in [6.07, 6.45) is 5.51. The van der Waals surface area contributed by atoms with Gasteiger partial charge in [-0.3, -0.25) is 11.3 Å². The number of benzene rings is 3. The third-order valence-corrected chi connectivity index (χ3v) is 7.55. The Morgan fingerprint density at radius 1 is 0.893 bits per heavy atom. The molecule has 28 heavy (non-hydrogen) atoms. The van der Waals surface area contributed by atoms with Gasteiger partial charge in [0.25, 0.3) is 0 Å². The SMILES string of the molecule is Cc1ccc([C-]=Cc2[c-]sc3c4c(sc23)-c2cccc3cccc-4c23)cc1.[U+2]. The molecule has 0 N–H and O–H groups in total. The topological polar surface area (TPSA) is 0 Å². The van der Waals surface area contributed by atoms with Gasteiger partial charge in [-0.2, -0.15) is 11.6 Å². The average Bonchev–Trinajstić information content (AvgIpc) is 3.34. The van der Waals surface area contributed by atoms with Crippen LogP contribution in [0.5, 0.6) is 0 Å². The average molecular weight is 617 g/mol. The van der Waals surface area contributed by atoms with E-state index in [1.807, 2.05) is 11.3 Å². The molecule has 2 heterocycles. The van der Waals surface area contributed by atoms with E-state index in [1.54, 1.807) is 11.3 Å². The molecular formula is C25H14S2U. The third-order valence-electron chi connectivity index (χ3n) is 5.23. The molecule has 0 saturated heterocycles. The maximum Gasteiger partial charge on any atom is 2.00 e. The van der Waals surface area contributed by atoms with Crippen LogP contribution in [0.1, 0.15) is 16.7 Å². The van der Waals surface area contributed by atoms with Crippen molar-refractivity contribution in [1.29, 1.82) is 0 Å². The molecule has 0 bridgehead atoms. The number of hydrogen-bond donors (Lipinski definition) is 0. The van der Waals surface area contributed by atoms with Gasteiger partial charge in [0.1, 0.15) is 0 Å². The Kier molecular flexibility index (Phi) is 4.61. The van der Waals surface area contributed by atoms with Crippen molar-refractivity contribution in [3.63, 3.8) is 0 Å². The Hall–Kier alpha value is -1.63. The summed E-state index contributed by atoms with van der Waals surface area (Å²) in [5.41, 5.74) is 7.68. The zero-order valence-corrected chi connectivity index (χ0v) is 21.0. The minimum Gasteiger partial charge on any atom is -0.266 e. The molecule has 3 aromatic carbocycles. The number of thiophene rings is 2. The molecular weight excluding hydrogens is 602 g/mol. The van der Waals surface area contributed by atoms with E-state index in [1.165, 1.54) is 47.3 Å². The monoisotopic (exact) mass is 616 g/mol. The van der Waals surface area contributed by atoms with Gasteiger partial charge in [-0.05, 0) is 34.4 Å². The standard InChI is InChI=1S/C25H14S2.U/c1-15-8-10-16(11-9-15)12-13-18-14-26-25-22-19-6-2-4-17-5-3-7-20(21(17)19)24(22)27-23(18)25;/h2-11,13H,1H3;/q-2;+2. The van der Waals surface area contributed by atoms with E-state index in [0.29, 0.717) is 0 Å². The van der Waals surface area contributed by atoms with E-state index in [9.17, 15) is 0 Å². The van der Waals surface area contributed by atoms with Crippen LogP contribution in [0.15, 0.2) is 60.7 Å². The van der Waals surface area contributed by atoms with Crippen molar-refractivity contribution in [2.45, 2.75) is 6.92 Å². The zero-order chi connectivity index (χ0) is 18.0. The van der Waals surface area contributed by atoms with Crippen molar-refractivity contribution in [1.82, 2.24) is 0 Å². The predicted octanol–water partition coefficient (Wildman–Crippen LogP) is 7.74. The summed E-state index contributed by atoms with van der Waals surface area (Å²) in [5, 5.41) is 6.23. The molecule has 1 aliphatic rings. The van der Waals surface area contributed by atoms with E-state index >= 15 is 0 Å². The molecule has 0 aliphatic heterocycles. The summed E-state index contributed by atoms with van der Waals surface area (Å²) in [4.78, 5) is 1.40. The molecule has 0 atom stereocenters. The van der Waals surface area contributed by atoms with Gasteiger partial charge in [-0.1, -0.05) is 46.7 Å². The molecule has 1 aliphatic carbocycles. The molecule has 0 unspecified atom stereocenters. The number of aryl methyl sites for hydroxylation is 1. The summed E-state index contributed by atoms with van der Waals surface area (Å²) in [6.45, 7) is 2.11. The fourth-order valence-electron chi connectivity index (χ4n) is 3.92. The van der Waals surface area contributed by atoms with Crippen LogP contribution in [0, 0.1) is 49.5 Å². The zero-order valence-electron chi connectivity index (χ0n) is 15.2. The van der Waals surface area contributed by atoms with Crippen molar-refractivity contribution in [3.8, 4) is 21.6 Å². The second-order valence-corrected chi connectivity index (χ2v) is 8.78. The second kappa shape index (κ2) is 7.01. The maximum atomic E-state index is 3.50. The first-order valence-electron chi connectivity index (χ1n) is 8.95.